The first-order valence-corrected chi connectivity index (χ1v) is 11.8. The topological polar surface area (TPSA) is 137 Å². The van der Waals surface area contributed by atoms with E-state index in [-0.39, 0.29) is 48.2 Å². The molecule has 0 fully saturated rings. The lowest BCUT2D eigenvalue weighted by Crippen LogP contribution is -2.31. The highest BCUT2D eigenvalue weighted by Gasteiger charge is 2.19. The summed E-state index contributed by atoms with van der Waals surface area (Å²) in [5, 5.41) is 14.0. The van der Waals surface area contributed by atoms with Crippen molar-refractivity contribution in [3.63, 3.8) is 0 Å². The van der Waals surface area contributed by atoms with E-state index in [1.807, 2.05) is 13.8 Å². The van der Waals surface area contributed by atoms with Gasteiger partial charge in [0, 0.05) is 25.1 Å². The number of nitro benzene ring substituents is 1. The molecule has 0 aliphatic carbocycles. The molecule has 33 heavy (non-hydrogen) atoms. The van der Waals surface area contributed by atoms with Gasteiger partial charge in [-0.3, -0.25) is 14.9 Å². The quantitative estimate of drug-likeness (QED) is 0.353. The maximum Gasteiger partial charge on any atom is 0.276 e. The Morgan fingerprint density at radius 3 is 2.21 bits per heavy atom. The Morgan fingerprint density at radius 2 is 1.67 bits per heavy atom. The van der Waals surface area contributed by atoms with Gasteiger partial charge in [0.25, 0.3) is 5.69 Å². The van der Waals surface area contributed by atoms with Crippen molar-refractivity contribution in [1.29, 1.82) is 0 Å². The van der Waals surface area contributed by atoms with E-state index < -0.39 is 14.9 Å². The molecular weight excluding hydrogens is 450 g/mol. The SMILES string of the molecule is COc1cc(CCNC(=O)CCNS(=O)(=O)c2ccc(C(C)C)cc2)c([N+](=O)[O-])cc1OC. The number of hydrogen-bond acceptors (Lipinski definition) is 7. The second-order valence-electron chi connectivity index (χ2n) is 7.56. The zero-order valence-corrected chi connectivity index (χ0v) is 19.9. The number of hydrogen-bond donors (Lipinski definition) is 2. The second kappa shape index (κ2) is 11.6. The van der Waals surface area contributed by atoms with Gasteiger partial charge in [0.15, 0.2) is 11.5 Å². The summed E-state index contributed by atoms with van der Waals surface area (Å²) in [6.45, 7) is 4.10. The molecule has 0 bridgehead atoms. The average molecular weight is 480 g/mol. The van der Waals surface area contributed by atoms with Gasteiger partial charge in [0.2, 0.25) is 15.9 Å². The molecule has 2 rings (SSSR count). The largest absolute Gasteiger partial charge is 0.493 e. The van der Waals surface area contributed by atoms with E-state index in [1.165, 1.54) is 38.5 Å². The zero-order valence-electron chi connectivity index (χ0n) is 19.1. The van der Waals surface area contributed by atoms with Gasteiger partial charge in [0.1, 0.15) is 0 Å². The lowest BCUT2D eigenvalue weighted by Gasteiger charge is -2.11. The van der Waals surface area contributed by atoms with Crippen LogP contribution >= 0.6 is 0 Å². The van der Waals surface area contributed by atoms with Crippen LogP contribution in [-0.4, -0.2) is 46.6 Å². The first kappa shape index (κ1) is 26.1. The summed E-state index contributed by atoms with van der Waals surface area (Å²) in [6.07, 6.45) is 0.119. The Bertz CT molecular complexity index is 1080. The first-order chi connectivity index (χ1) is 15.6. The lowest BCUT2D eigenvalue weighted by molar-refractivity contribution is -0.385. The summed E-state index contributed by atoms with van der Waals surface area (Å²) < 4.78 is 37.4. The summed E-state index contributed by atoms with van der Waals surface area (Å²) in [6, 6.07) is 9.38. The number of carbonyl (C=O) groups is 1. The van der Waals surface area contributed by atoms with Crippen molar-refractivity contribution < 1.29 is 27.6 Å². The monoisotopic (exact) mass is 479 g/mol. The summed E-state index contributed by atoms with van der Waals surface area (Å²) in [4.78, 5) is 23.0. The molecule has 0 aliphatic heterocycles. The predicted octanol–water partition coefficient (Wildman–Crippen LogP) is 2.76. The summed E-state index contributed by atoms with van der Waals surface area (Å²) in [5.41, 5.74) is 1.27. The van der Waals surface area contributed by atoms with Gasteiger partial charge in [0.05, 0.1) is 30.1 Å². The van der Waals surface area contributed by atoms with Gasteiger partial charge in [-0.15, -0.1) is 0 Å². The smallest absolute Gasteiger partial charge is 0.276 e. The van der Waals surface area contributed by atoms with Crippen LogP contribution in [0.15, 0.2) is 41.3 Å². The van der Waals surface area contributed by atoms with Crippen molar-refractivity contribution in [2.45, 2.75) is 37.5 Å². The molecule has 180 valence electrons. The summed E-state index contributed by atoms with van der Waals surface area (Å²) >= 11 is 0. The van der Waals surface area contributed by atoms with E-state index in [9.17, 15) is 23.3 Å². The van der Waals surface area contributed by atoms with Crippen LogP contribution in [0, 0.1) is 10.1 Å². The maximum absolute atomic E-state index is 12.4. The Hall–Kier alpha value is -3.18. The molecule has 0 aliphatic rings. The summed E-state index contributed by atoms with van der Waals surface area (Å²) in [7, 11) is -0.911. The van der Waals surface area contributed by atoms with Crippen LogP contribution < -0.4 is 19.5 Å². The van der Waals surface area contributed by atoms with Gasteiger partial charge in [-0.05, 0) is 36.1 Å². The van der Waals surface area contributed by atoms with E-state index in [4.69, 9.17) is 9.47 Å². The third-order valence-electron chi connectivity index (χ3n) is 5.00. The fourth-order valence-electron chi connectivity index (χ4n) is 3.12. The van der Waals surface area contributed by atoms with Crippen molar-refractivity contribution in [1.82, 2.24) is 10.0 Å². The molecule has 2 N–H and O–H groups in total. The van der Waals surface area contributed by atoms with Gasteiger partial charge >= 0.3 is 0 Å². The molecule has 0 radical (unpaired) electrons. The Labute approximate surface area is 193 Å². The molecule has 0 saturated carbocycles. The maximum atomic E-state index is 12.4. The Kier molecular flexibility index (Phi) is 9.18. The zero-order chi connectivity index (χ0) is 24.6. The molecule has 0 spiro atoms. The average Bonchev–Trinajstić information content (AvgIpc) is 2.78. The van der Waals surface area contributed by atoms with Crippen molar-refractivity contribution in [2.75, 3.05) is 27.3 Å². The molecular formula is C22H29N3O7S. The molecule has 0 heterocycles. The van der Waals surface area contributed by atoms with Crippen molar-refractivity contribution in [2.24, 2.45) is 0 Å². The number of ether oxygens (including phenoxy) is 2. The minimum atomic E-state index is -3.72. The minimum absolute atomic E-state index is 0.0721. The minimum Gasteiger partial charge on any atom is -0.493 e. The fourth-order valence-corrected chi connectivity index (χ4v) is 4.15. The van der Waals surface area contributed by atoms with Crippen LogP contribution in [-0.2, 0) is 21.2 Å². The highest BCUT2D eigenvalue weighted by atomic mass is 32.2. The molecule has 0 atom stereocenters. The number of nitrogens with one attached hydrogen (secondary N) is 2. The Morgan fingerprint density at radius 1 is 1.06 bits per heavy atom. The summed E-state index contributed by atoms with van der Waals surface area (Å²) in [5.74, 6) is 0.498. The molecule has 1 amide bonds. The van der Waals surface area contributed by atoms with Crippen LogP contribution in [0.25, 0.3) is 0 Å². The number of nitrogens with zero attached hydrogens (tertiary/aromatic N) is 1. The molecule has 11 heteroatoms. The molecule has 0 aromatic heterocycles. The molecule has 10 nitrogen and oxygen atoms in total. The van der Waals surface area contributed by atoms with E-state index in [1.54, 1.807) is 12.1 Å². The highest BCUT2D eigenvalue weighted by molar-refractivity contribution is 7.89. The second-order valence-corrected chi connectivity index (χ2v) is 9.33. The number of carbonyl (C=O) groups excluding carboxylic acids is 1. The van der Waals surface area contributed by atoms with Crippen molar-refractivity contribution in [3.05, 3.63) is 57.6 Å². The van der Waals surface area contributed by atoms with Crippen LogP contribution in [0.3, 0.4) is 0 Å². The van der Waals surface area contributed by atoms with Crippen molar-refractivity contribution >= 4 is 21.6 Å². The number of sulfonamides is 1. The molecule has 2 aromatic carbocycles. The van der Waals surface area contributed by atoms with E-state index >= 15 is 0 Å². The molecule has 2 aromatic rings. The number of amides is 1. The van der Waals surface area contributed by atoms with Crippen LogP contribution in [0.5, 0.6) is 11.5 Å². The van der Waals surface area contributed by atoms with E-state index in [2.05, 4.69) is 10.0 Å². The van der Waals surface area contributed by atoms with Crippen molar-refractivity contribution in [3.8, 4) is 11.5 Å². The third-order valence-corrected chi connectivity index (χ3v) is 6.48. The number of methoxy groups -OCH3 is 2. The first-order valence-electron chi connectivity index (χ1n) is 10.3. The van der Waals surface area contributed by atoms with Crippen LogP contribution in [0.1, 0.15) is 37.3 Å². The van der Waals surface area contributed by atoms with E-state index in [0.717, 1.165) is 5.56 Å². The normalized spacial score (nSPS) is 11.3. The standard InChI is InChI=1S/C22H29N3O7S/c1-15(2)16-5-7-18(8-6-16)33(29,30)24-12-10-22(26)23-11-9-17-13-20(31-3)21(32-4)14-19(17)25(27)28/h5-8,13-15,24H,9-12H2,1-4H3,(H,23,26). The fraction of sp³-hybridized carbons (Fsp3) is 0.409. The number of nitro groups is 1. The van der Waals surface area contributed by atoms with Gasteiger partial charge < -0.3 is 14.8 Å². The van der Waals surface area contributed by atoms with Crippen LogP contribution in [0.2, 0.25) is 0 Å². The molecule has 0 unspecified atom stereocenters. The highest BCUT2D eigenvalue weighted by Crippen LogP contribution is 2.34. The van der Waals surface area contributed by atoms with Crippen LogP contribution in [0.4, 0.5) is 5.69 Å². The third kappa shape index (κ3) is 7.16. The Balaban J connectivity index is 1.88. The molecule has 0 saturated heterocycles. The van der Waals surface area contributed by atoms with Gasteiger partial charge in [-0.1, -0.05) is 26.0 Å². The van der Waals surface area contributed by atoms with Gasteiger partial charge in [-0.2, -0.15) is 0 Å². The number of benzene rings is 2. The van der Waals surface area contributed by atoms with E-state index in [0.29, 0.717) is 17.2 Å². The number of rotatable bonds is 12. The predicted molar refractivity (Wildman–Crippen MR) is 123 cm³/mol. The van der Waals surface area contributed by atoms with Gasteiger partial charge in [-0.25, -0.2) is 13.1 Å². The lowest BCUT2D eigenvalue weighted by atomic mass is 10.0.